The van der Waals surface area contributed by atoms with Gasteiger partial charge in [-0.15, -0.1) is 0 Å². The molecular weight excluding hydrogens is 318 g/mol. The lowest BCUT2D eigenvalue weighted by atomic mass is 10.1. The molecule has 0 aromatic carbocycles. The first kappa shape index (κ1) is 15.5. The van der Waals surface area contributed by atoms with Crippen LogP contribution in [0, 0.1) is 0 Å². The standard InChI is InChI=1S/C14H24BrN5/c1-4-7-16-13-12(15)14(18-10-17-13)20-8-5-6-11(9-20)19(2)3/h10-11H,4-9H2,1-3H3,(H,16,17,18). The third kappa shape index (κ3) is 3.61. The number of hydrogen-bond donors (Lipinski definition) is 1. The van der Waals surface area contributed by atoms with Crippen LogP contribution in [0.1, 0.15) is 26.2 Å². The minimum Gasteiger partial charge on any atom is -0.369 e. The van der Waals surface area contributed by atoms with Gasteiger partial charge in [-0.1, -0.05) is 6.92 Å². The fourth-order valence-corrected chi connectivity index (χ4v) is 3.11. The van der Waals surface area contributed by atoms with Crippen LogP contribution in [0.3, 0.4) is 0 Å². The molecule has 1 aliphatic heterocycles. The molecule has 20 heavy (non-hydrogen) atoms. The molecule has 6 heteroatoms. The molecule has 1 saturated heterocycles. The Hall–Kier alpha value is -0.880. The first-order valence-electron chi connectivity index (χ1n) is 7.29. The molecule has 5 nitrogen and oxygen atoms in total. The molecule has 0 bridgehead atoms. The summed E-state index contributed by atoms with van der Waals surface area (Å²) < 4.78 is 0.979. The summed E-state index contributed by atoms with van der Waals surface area (Å²) in [4.78, 5) is 13.5. The molecule has 2 rings (SSSR count). The Morgan fingerprint density at radius 3 is 2.95 bits per heavy atom. The first-order valence-corrected chi connectivity index (χ1v) is 8.08. The highest BCUT2D eigenvalue weighted by Crippen LogP contribution is 2.31. The zero-order valence-corrected chi connectivity index (χ0v) is 14.2. The molecule has 0 radical (unpaired) electrons. The van der Waals surface area contributed by atoms with E-state index in [2.05, 4.69) is 62.0 Å². The molecule has 1 unspecified atom stereocenters. The predicted octanol–water partition coefficient (Wildman–Crippen LogP) is 2.59. The van der Waals surface area contributed by atoms with Gasteiger partial charge in [-0.2, -0.15) is 0 Å². The number of nitrogens with one attached hydrogen (secondary N) is 1. The van der Waals surface area contributed by atoms with Crippen molar-refractivity contribution in [1.29, 1.82) is 0 Å². The van der Waals surface area contributed by atoms with Gasteiger partial charge in [-0.05, 0) is 49.3 Å². The second kappa shape index (κ2) is 7.22. The van der Waals surface area contributed by atoms with Crippen LogP contribution in [-0.2, 0) is 0 Å². The summed E-state index contributed by atoms with van der Waals surface area (Å²) in [5, 5.41) is 3.34. The monoisotopic (exact) mass is 341 g/mol. The van der Waals surface area contributed by atoms with Gasteiger partial charge >= 0.3 is 0 Å². The Labute approximate surface area is 129 Å². The molecule has 0 spiro atoms. The van der Waals surface area contributed by atoms with E-state index < -0.39 is 0 Å². The highest BCUT2D eigenvalue weighted by atomic mass is 79.9. The maximum absolute atomic E-state index is 4.47. The normalized spacial score (nSPS) is 19.4. The molecule has 0 saturated carbocycles. The lowest BCUT2D eigenvalue weighted by Crippen LogP contribution is -2.45. The average molecular weight is 342 g/mol. The largest absolute Gasteiger partial charge is 0.369 e. The van der Waals surface area contributed by atoms with Gasteiger partial charge in [0.1, 0.15) is 22.4 Å². The highest BCUT2D eigenvalue weighted by molar-refractivity contribution is 9.10. The van der Waals surface area contributed by atoms with Crippen LogP contribution in [0.4, 0.5) is 11.6 Å². The lowest BCUT2D eigenvalue weighted by molar-refractivity contribution is 0.257. The van der Waals surface area contributed by atoms with E-state index in [4.69, 9.17) is 0 Å². The SMILES string of the molecule is CCCNc1ncnc(N2CCCC(N(C)C)C2)c1Br. The van der Waals surface area contributed by atoms with Crippen molar-refractivity contribution in [3.05, 3.63) is 10.8 Å². The van der Waals surface area contributed by atoms with Crippen LogP contribution in [0.5, 0.6) is 0 Å². The fourth-order valence-electron chi connectivity index (χ4n) is 2.52. The average Bonchev–Trinajstić information content (AvgIpc) is 2.46. The van der Waals surface area contributed by atoms with E-state index in [9.17, 15) is 0 Å². The summed E-state index contributed by atoms with van der Waals surface area (Å²) in [6.45, 7) is 5.16. The van der Waals surface area contributed by atoms with Crippen molar-refractivity contribution in [1.82, 2.24) is 14.9 Å². The number of piperidine rings is 1. The van der Waals surface area contributed by atoms with Crippen molar-refractivity contribution >= 4 is 27.6 Å². The number of aromatic nitrogens is 2. The van der Waals surface area contributed by atoms with Gasteiger partial charge in [0, 0.05) is 25.7 Å². The number of likely N-dealkylation sites (N-methyl/N-ethyl adjacent to an activating group) is 1. The quantitative estimate of drug-likeness (QED) is 0.891. The number of rotatable bonds is 5. The molecule has 1 atom stereocenters. The van der Waals surface area contributed by atoms with Gasteiger partial charge in [-0.25, -0.2) is 9.97 Å². The van der Waals surface area contributed by atoms with Crippen molar-refractivity contribution in [3.63, 3.8) is 0 Å². The minimum absolute atomic E-state index is 0.595. The van der Waals surface area contributed by atoms with Crippen LogP contribution in [-0.4, -0.2) is 54.6 Å². The Kier molecular flexibility index (Phi) is 5.60. The predicted molar refractivity (Wildman–Crippen MR) is 87.4 cm³/mol. The van der Waals surface area contributed by atoms with E-state index in [1.54, 1.807) is 6.33 Å². The van der Waals surface area contributed by atoms with Crippen LogP contribution >= 0.6 is 15.9 Å². The van der Waals surface area contributed by atoms with Crippen molar-refractivity contribution in [3.8, 4) is 0 Å². The van der Waals surface area contributed by atoms with Crippen LogP contribution in [0.15, 0.2) is 10.8 Å². The van der Waals surface area contributed by atoms with E-state index in [0.29, 0.717) is 6.04 Å². The topological polar surface area (TPSA) is 44.3 Å². The highest BCUT2D eigenvalue weighted by Gasteiger charge is 2.24. The summed E-state index contributed by atoms with van der Waals surface area (Å²) in [5.41, 5.74) is 0. The van der Waals surface area contributed by atoms with Gasteiger partial charge in [-0.3, -0.25) is 0 Å². The van der Waals surface area contributed by atoms with Gasteiger partial charge in [0.25, 0.3) is 0 Å². The van der Waals surface area contributed by atoms with E-state index >= 15 is 0 Å². The van der Waals surface area contributed by atoms with Crippen molar-refractivity contribution in [2.24, 2.45) is 0 Å². The Morgan fingerprint density at radius 2 is 2.25 bits per heavy atom. The van der Waals surface area contributed by atoms with Crippen molar-refractivity contribution < 1.29 is 0 Å². The van der Waals surface area contributed by atoms with E-state index in [0.717, 1.165) is 42.2 Å². The number of hydrogen-bond acceptors (Lipinski definition) is 5. The summed E-state index contributed by atoms with van der Waals surface area (Å²) in [7, 11) is 4.30. The van der Waals surface area contributed by atoms with Crippen molar-refractivity contribution in [2.75, 3.05) is 43.9 Å². The zero-order chi connectivity index (χ0) is 14.5. The molecule has 1 aromatic rings. The summed E-state index contributed by atoms with van der Waals surface area (Å²) in [5.74, 6) is 1.90. The third-order valence-electron chi connectivity index (χ3n) is 3.74. The molecule has 1 aliphatic rings. The summed E-state index contributed by atoms with van der Waals surface area (Å²) in [6.07, 6.45) is 5.19. The van der Waals surface area contributed by atoms with E-state index in [1.807, 2.05) is 0 Å². The van der Waals surface area contributed by atoms with Crippen LogP contribution in [0.2, 0.25) is 0 Å². The van der Waals surface area contributed by atoms with E-state index in [1.165, 1.54) is 12.8 Å². The molecular formula is C14H24BrN5. The second-order valence-electron chi connectivity index (χ2n) is 5.49. The molecule has 1 aromatic heterocycles. The Balaban J connectivity index is 2.15. The number of anilines is 2. The lowest BCUT2D eigenvalue weighted by Gasteiger charge is -2.37. The summed E-state index contributed by atoms with van der Waals surface area (Å²) >= 11 is 3.66. The minimum atomic E-state index is 0.595. The van der Waals surface area contributed by atoms with Gasteiger partial charge < -0.3 is 15.1 Å². The smallest absolute Gasteiger partial charge is 0.148 e. The molecule has 112 valence electrons. The molecule has 1 N–H and O–H groups in total. The molecule has 2 heterocycles. The summed E-state index contributed by atoms with van der Waals surface area (Å²) in [6, 6.07) is 0.595. The number of nitrogens with zero attached hydrogens (tertiary/aromatic N) is 4. The van der Waals surface area contributed by atoms with E-state index in [-0.39, 0.29) is 0 Å². The maximum atomic E-state index is 4.47. The van der Waals surface area contributed by atoms with Crippen LogP contribution in [0.25, 0.3) is 0 Å². The second-order valence-corrected chi connectivity index (χ2v) is 6.29. The van der Waals surface area contributed by atoms with Gasteiger partial charge in [0.05, 0.1) is 0 Å². The molecule has 0 amide bonds. The third-order valence-corrected chi connectivity index (χ3v) is 4.47. The van der Waals surface area contributed by atoms with Gasteiger partial charge in [0.2, 0.25) is 0 Å². The molecule has 1 fully saturated rings. The molecule has 0 aliphatic carbocycles. The van der Waals surface area contributed by atoms with Crippen LogP contribution < -0.4 is 10.2 Å². The van der Waals surface area contributed by atoms with Crippen molar-refractivity contribution in [2.45, 2.75) is 32.2 Å². The first-order chi connectivity index (χ1) is 9.63. The fraction of sp³-hybridized carbons (Fsp3) is 0.714. The maximum Gasteiger partial charge on any atom is 0.148 e. The zero-order valence-electron chi connectivity index (χ0n) is 12.6. The Morgan fingerprint density at radius 1 is 1.45 bits per heavy atom. The Bertz CT molecular complexity index is 438. The van der Waals surface area contributed by atoms with Gasteiger partial charge in [0.15, 0.2) is 0 Å². The number of halogens is 1.